The Morgan fingerprint density at radius 3 is 2.26 bits per heavy atom. The van der Waals surface area contributed by atoms with Crippen molar-refractivity contribution in [2.75, 3.05) is 0 Å². The van der Waals surface area contributed by atoms with Crippen molar-refractivity contribution in [3.63, 3.8) is 0 Å². The maximum absolute atomic E-state index is 11.2. The van der Waals surface area contributed by atoms with E-state index in [4.69, 9.17) is 10.2 Å². The molecular formula is C15H20O4. The van der Waals surface area contributed by atoms with Gasteiger partial charge in [-0.05, 0) is 37.0 Å². The zero-order chi connectivity index (χ0) is 14.4. The Hall–Kier alpha value is -1.84. The third kappa shape index (κ3) is 3.81. The van der Waals surface area contributed by atoms with E-state index in [0.717, 1.165) is 37.7 Å². The molecule has 0 aliphatic heterocycles. The minimum atomic E-state index is -1.20. The number of rotatable bonds is 7. The molecule has 2 N–H and O–H groups in total. The molecule has 0 aromatic heterocycles. The summed E-state index contributed by atoms with van der Waals surface area (Å²) in [6.07, 6.45) is 5.22. The van der Waals surface area contributed by atoms with Crippen molar-refractivity contribution >= 4 is 11.9 Å². The minimum absolute atomic E-state index is 0.0829. The van der Waals surface area contributed by atoms with Crippen LogP contribution in [0.1, 0.15) is 64.4 Å². The lowest BCUT2D eigenvalue weighted by atomic mass is 9.94. The molecule has 0 amide bonds. The Bertz CT molecular complexity index is 477. The number of hydrogen-bond donors (Lipinski definition) is 2. The first kappa shape index (κ1) is 15.2. The normalized spacial score (nSPS) is 10.4. The third-order valence-corrected chi connectivity index (χ3v) is 3.32. The highest BCUT2D eigenvalue weighted by Gasteiger charge is 2.20. The van der Waals surface area contributed by atoms with Crippen molar-refractivity contribution in [2.45, 2.75) is 46.0 Å². The summed E-state index contributed by atoms with van der Waals surface area (Å²) in [5.74, 6) is -2.37. The molecule has 0 atom stereocenters. The second kappa shape index (κ2) is 6.92. The molecule has 0 fully saturated rings. The van der Waals surface area contributed by atoms with Crippen molar-refractivity contribution in [3.8, 4) is 0 Å². The van der Waals surface area contributed by atoms with Crippen LogP contribution in [0.15, 0.2) is 12.1 Å². The van der Waals surface area contributed by atoms with E-state index < -0.39 is 11.9 Å². The van der Waals surface area contributed by atoms with Crippen molar-refractivity contribution in [1.29, 1.82) is 0 Å². The molecule has 1 aromatic carbocycles. The van der Waals surface area contributed by atoms with Crippen LogP contribution in [0.2, 0.25) is 0 Å². The molecule has 0 unspecified atom stereocenters. The van der Waals surface area contributed by atoms with Crippen molar-refractivity contribution in [1.82, 2.24) is 0 Å². The Kier molecular flexibility index (Phi) is 5.55. The molecule has 0 spiro atoms. The standard InChI is InChI=1S/C15H20O4/c1-3-4-5-6-7-11-8-9-12(14(16)17)13(10(11)2)15(18)19/h8-9H,3-7H2,1-2H3,(H,16,17)(H,18,19). The first-order valence-electron chi connectivity index (χ1n) is 6.58. The third-order valence-electron chi connectivity index (χ3n) is 3.32. The number of benzene rings is 1. The number of aryl methyl sites for hydroxylation is 1. The SMILES string of the molecule is CCCCCCc1ccc(C(=O)O)c(C(=O)O)c1C. The highest BCUT2D eigenvalue weighted by molar-refractivity contribution is 6.03. The predicted molar refractivity (Wildman–Crippen MR) is 72.9 cm³/mol. The van der Waals surface area contributed by atoms with Crippen LogP contribution >= 0.6 is 0 Å². The van der Waals surface area contributed by atoms with Gasteiger partial charge in [0.05, 0.1) is 11.1 Å². The van der Waals surface area contributed by atoms with Crippen LogP contribution in [-0.4, -0.2) is 22.2 Å². The van der Waals surface area contributed by atoms with Crippen LogP contribution in [0.25, 0.3) is 0 Å². The minimum Gasteiger partial charge on any atom is -0.478 e. The van der Waals surface area contributed by atoms with Gasteiger partial charge in [0, 0.05) is 0 Å². The average Bonchev–Trinajstić information content (AvgIpc) is 2.35. The van der Waals surface area contributed by atoms with E-state index in [0.29, 0.717) is 5.56 Å². The van der Waals surface area contributed by atoms with Crippen LogP contribution < -0.4 is 0 Å². The van der Waals surface area contributed by atoms with Crippen LogP contribution in [0.3, 0.4) is 0 Å². The number of carboxylic acids is 2. The Labute approximate surface area is 113 Å². The van der Waals surface area contributed by atoms with E-state index in [1.54, 1.807) is 13.0 Å². The molecule has 104 valence electrons. The van der Waals surface area contributed by atoms with Gasteiger partial charge in [-0.25, -0.2) is 9.59 Å². The van der Waals surface area contributed by atoms with Gasteiger partial charge < -0.3 is 10.2 Å². The van der Waals surface area contributed by atoms with Crippen molar-refractivity contribution in [3.05, 3.63) is 34.4 Å². The van der Waals surface area contributed by atoms with E-state index in [1.807, 2.05) is 0 Å². The molecular weight excluding hydrogens is 244 g/mol. The molecule has 4 nitrogen and oxygen atoms in total. The number of carboxylic acid groups (broad SMARTS) is 2. The summed E-state index contributed by atoms with van der Waals surface area (Å²) in [4.78, 5) is 22.2. The Balaban J connectivity index is 2.99. The number of carbonyl (C=O) groups is 2. The van der Waals surface area contributed by atoms with E-state index in [1.165, 1.54) is 6.07 Å². The first-order valence-corrected chi connectivity index (χ1v) is 6.58. The summed E-state index contributed by atoms with van der Waals surface area (Å²) in [5.41, 5.74) is 1.28. The van der Waals surface area contributed by atoms with Gasteiger partial charge in [-0.1, -0.05) is 32.3 Å². The number of unbranched alkanes of at least 4 members (excludes halogenated alkanes) is 3. The fourth-order valence-corrected chi connectivity index (χ4v) is 2.22. The molecule has 0 bridgehead atoms. The van der Waals surface area contributed by atoms with E-state index in [2.05, 4.69) is 6.92 Å². The first-order chi connectivity index (χ1) is 8.99. The fourth-order valence-electron chi connectivity index (χ4n) is 2.22. The maximum Gasteiger partial charge on any atom is 0.336 e. The molecule has 0 heterocycles. The molecule has 0 aliphatic carbocycles. The molecule has 0 saturated heterocycles. The lowest BCUT2D eigenvalue weighted by molar-refractivity contribution is 0.0650. The summed E-state index contributed by atoms with van der Waals surface area (Å²) in [6.45, 7) is 3.82. The van der Waals surface area contributed by atoms with E-state index >= 15 is 0 Å². The monoisotopic (exact) mass is 264 g/mol. The molecule has 4 heteroatoms. The largest absolute Gasteiger partial charge is 0.478 e. The van der Waals surface area contributed by atoms with Crippen LogP contribution in [0, 0.1) is 6.92 Å². The van der Waals surface area contributed by atoms with Gasteiger partial charge in [0.25, 0.3) is 0 Å². The lowest BCUT2D eigenvalue weighted by Crippen LogP contribution is -2.12. The molecule has 1 aromatic rings. The average molecular weight is 264 g/mol. The molecule has 0 aliphatic rings. The van der Waals surface area contributed by atoms with E-state index in [-0.39, 0.29) is 11.1 Å². The number of aromatic carboxylic acids is 2. The quantitative estimate of drug-likeness (QED) is 0.739. The van der Waals surface area contributed by atoms with Gasteiger partial charge in [-0.15, -0.1) is 0 Å². The lowest BCUT2D eigenvalue weighted by Gasteiger charge is -2.11. The maximum atomic E-state index is 11.2. The van der Waals surface area contributed by atoms with Gasteiger partial charge in [0.15, 0.2) is 0 Å². The van der Waals surface area contributed by atoms with Crippen LogP contribution in [0.5, 0.6) is 0 Å². The molecule has 1 rings (SSSR count). The van der Waals surface area contributed by atoms with Gasteiger partial charge in [-0.3, -0.25) is 0 Å². The highest BCUT2D eigenvalue weighted by atomic mass is 16.4. The van der Waals surface area contributed by atoms with Crippen LogP contribution in [-0.2, 0) is 6.42 Å². The fraction of sp³-hybridized carbons (Fsp3) is 0.467. The molecule has 0 radical (unpaired) electrons. The predicted octanol–water partition coefficient (Wildman–Crippen LogP) is 3.51. The van der Waals surface area contributed by atoms with Crippen molar-refractivity contribution < 1.29 is 19.8 Å². The van der Waals surface area contributed by atoms with Crippen molar-refractivity contribution in [2.24, 2.45) is 0 Å². The Morgan fingerprint density at radius 1 is 1.05 bits per heavy atom. The summed E-state index contributed by atoms with van der Waals surface area (Å²) in [5, 5.41) is 18.2. The van der Waals surface area contributed by atoms with Gasteiger partial charge in [0.1, 0.15) is 0 Å². The van der Waals surface area contributed by atoms with Crippen LogP contribution in [0.4, 0.5) is 0 Å². The summed E-state index contributed by atoms with van der Waals surface area (Å²) in [6, 6.07) is 3.13. The number of hydrogen-bond acceptors (Lipinski definition) is 2. The summed E-state index contributed by atoms with van der Waals surface area (Å²) in [7, 11) is 0. The van der Waals surface area contributed by atoms with E-state index in [9.17, 15) is 9.59 Å². The van der Waals surface area contributed by atoms with Gasteiger partial charge in [-0.2, -0.15) is 0 Å². The second-order valence-electron chi connectivity index (χ2n) is 4.69. The highest BCUT2D eigenvalue weighted by Crippen LogP contribution is 2.21. The zero-order valence-electron chi connectivity index (χ0n) is 11.4. The molecule has 0 saturated carbocycles. The molecule has 19 heavy (non-hydrogen) atoms. The smallest absolute Gasteiger partial charge is 0.336 e. The zero-order valence-corrected chi connectivity index (χ0v) is 11.4. The van der Waals surface area contributed by atoms with Gasteiger partial charge >= 0.3 is 11.9 Å². The summed E-state index contributed by atoms with van der Waals surface area (Å²) >= 11 is 0. The summed E-state index contributed by atoms with van der Waals surface area (Å²) < 4.78 is 0. The van der Waals surface area contributed by atoms with Gasteiger partial charge in [0.2, 0.25) is 0 Å². The topological polar surface area (TPSA) is 74.6 Å². The Morgan fingerprint density at radius 2 is 1.74 bits per heavy atom. The second-order valence-corrected chi connectivity index (χ2v) is 4.69.